The van der Waals surface area contributed by atoms with E-state index in [1.54, 1.807) is 12.1 Å². The predicted octanol–water partition coefficient (Wildman–Crippen LogP) is 4.03. The Morgan fingerprint density at radius 1 is 0.957 bits per heavy atom. The zero-order valence-corrected chi connectivity index (χ0v) is 12.3. The Morgan fingerprint density at radius 3 is 2.39 bits per heavy atom. The SMILES string of the molecule is O=C(O)c1ncccc1-c1ccc(OCc2ccccc2)cc1. The molecule has 0 aliphatic rings. The van der Waals surface area contributed by atoms with Crippen molar-refractivity contribution in [1.29, 1.82) is 0 Å². The zero-order chi connectivity index (χ0) is 16.1. The van der Waals surface area contributed by atoms with Gasteiger partial charge in [-0.2, -0.15) is 0 Å². The number of hydrogen-bond acceptors (Lipinski definition) is 3. The Morgan fingerprint density at radius 2 is 1.70 bits per heavy atom. The maximum atomic E-state index is 11.2. The van der Waals surface area contributed by atoms with Crippen molar-refractivity contribution in [3.05, 3.63) is 84.2 Å². The highest BCUT2D eigenvalue weighted by molar-refractivity contribution is 5.93. The van der Waals surface area contributed by atoms with Crippen molar-refractivity contribution in [1.82, 2.24) is 4.98 Å². The second-order valence-electron chi connectivity index (χ2n) is 5.00. The number of carboxylic acids is 1. The minimum atomic E-state index is -1.04. The fraction of sp³-hybridized carbons (Fsp3) is 0.0526. The quantitative estimate of drug-likeness (QED) is 0.773. The number of hydrogen-bond donors (Lipinski definition) is 1. The average molecular weight is 305 g/mol. The summed E-state index contributed by atoms with van der Waals surface area (Å²) in [6, 6.07) is 20.7. The van der Waals surface area contributed by atoms with Crippen molar-refractivity contribution in [3.8, 4) is 16.9 Å². The van der Waals surface area contributed by atoms with E-state index in [-0.39, 0.29) is 5.69 Å². The number of rotatable bonds is 5. The minimum Gasteiger partial charge on any atom is -0.489 e. The highest BCUT2D eigenvalue weighted by Crippen LogP contribution is 2.25. The van der Waals surface area contributed by atoms with Gasteiger partial charge in [0, 0.05) is 11.8 Å². The van der Waals surface area contributed by atoms with Crippen LogP contribution in [0.5, 0.6) is 5.75 Å². The van der Waals surface area contributed by atoms with E-state index < -0.39 is 5.97 Å². The van der Waals surface area contributed by atoms with E-state index >= 15 is 0 Å². The molecule has 3 rings (SSSR count). The molecule has 0 atom stereocenters. The Kier molecular flexibility index (Phi) is 4.34. The van der Waals surface area contributed by atoms with Crippen LogP contribution in [-0.2, 0) is 6.61 Å². The van der Waals surface area contributed by atoms with Gasteiger partial charge in [-0.05, 0) is 29.3 Å². The van der Waals surface area contributed by atoms with Gasteiger partial charge in [0.2, 0.25) is 0 Å². The van der Waals surface area contributed by atoms with Crippen LogP contribution in [0, 0.1) is 0 Å². The molecular weight excluding hydrogens is 290 g/mol. The molecular formula is C19H15NO3. The Labute approximate surface area is 134 Å². The first-order valence-electron chi connectivity index (χ1n) is 7.19. The van der Waals surface area contributed by atoms with Crippen molar-refractivity contribution in [2.24, 2.45) is 0 Å². The third-order valence-electron chi connectivity index (χ3n) is 3.42. The summed E-state index contributed by atoms with van der Waals surface area (Å²) in [7, 11) is 0. The van der Waals surface area contributed by atoms with Gasteiger partial charge in [0.1, 0.15) is 12.4 Å². The first-order chi connectivity index (χ1) is 11.2. The number of pyridine rings is 1. The van der Waals surface area contributed by atoms with Gasteiger partial charge in [0.25, 0.3) is 0 Å². The van der Waals surface area contributed by atoms with E-state index in [9.17, 15) is 9.90 Å². The summed E-state index contributed by atoms with van der Waals surface area (Å²) in [4.78, 5) is 15.2. The van der Waals surface area contributed by atoms with E-state index in [2.05, 4.69) is 4.98 Å². The standard InChI is InChI=1S/C19H15NO3/c21-19(22)18-17(7-4-12-20-18)15-8-10-16(11-9-15)23-13-14-5-2-1-3-6-14/h1-12H,13H2,(H,21,22). The van der Waals surface area contributed by atoms with Gasteiger partial charge >= 0.3 is 5.97 Å². The highest BCUT2D eigenvalue weighted by atomic mass is 16.5. The summed E-state index contributed by atoms with van der Waals surface area (Å²) in [6.45, 7) is 0.494. The van der Waals surface area contributed by atoms with Crippen LogP contribution in [0.3, 0.4) is 0 Å². The lowest BCUT2D eigenvalue weighted by molar-refractivity contribution is 0.0691. The Bertz CT molecular complexity index is 798. The van der Waals surface area contributed by atoms with Crippen molar-refractivity contribution in [2.75, 3.05) is 0 Å². The minimum absolute atomic E-state index is 0.0467. The van der Waals surface area contributed by atoms with Gasteiger partial charge in [0.15, 0.2) is 5.69 Å². The number of nitrogens with zero attached hydrogens (tertiary/aromatic N) is 1. The molecule has 0 bridgehead atoms. The van der Waals surface area contributed by atoms with Crippen molar-refractivity contribution in [2.45, 2.75) is 6.61 Å². The van der Waals surface area contributed by atoms with Crippen LogP contribution in [0.15, 0.2) is 72.9 Å². The molecule has 4 heteroatoms. The summed E-state index contributed by atoms with van der Waals surface area (Å²) in [5, 5.41) is 9.20. The second-order valence-corrected chi connectivity index (χ2v) is 5.00. The van der Waals surface area contributed by atoms with Crippen LogP contribution < -0.4 is 4.74 Å². The molecule has 2 aromatic carbocycles. The molecule has 114 valence electrons. The monoisotopic (exact) mass is 305 g/mol. The number of benzene rings is 2. The summed E-state index contributed by atoms with van der Waals surface area (Å²) in [5.41, 5.74) is 2.53. The molecule has 4 nitrogen and oxygen atoms in total. The molecule has 0 saturated heterocycles. The molecule has 0 fully saturated rings. The highest BCUT2D eigenvalue weighted by Gasteiger charge is 2.12. The van der Waals surface area contributed by atoms with Crippen LogP contribution in [0.2, 0.25) is 0 Å². The van der Waals surface area contributed by atoms with Crippen molar-refractivity contribution >= 4 is 5.97 Å². The smallest absolute Gasteiger partial charge is 0.355 e. The van der Waals surface area contributed by atoms with E-state index in [0.717, 1.165) is 16.9 Å². The van der Waals surface area contributed by atoms with Crippen LogP contribution >= 0.6 is 0 Å². The first-order valence-corrected chi connectivity index (χ1v) is 7.19. The molecule has 1 aromatic heterocycles. The molecule has 1 heterocycles. The summed E-state index contributed by atoms with van der Waals surface area (Å²) < 4.78 is 5.73. The Balaban J connectivity index is 1.76. The van der Waals surface area contributed by atoms with Gasteiger partial charge in [-0.1, -0.05) is 48.5 Å². The number of carbonyl (C=O) groups is 1. The molecule has 0 radical (unpaired) electrons. The second kappa shape index (κ2) is 6.75. The van der Waals surface area contributed by atoms with Gasteiger partial charge in [-0.25, -0.2) is 9.78 Å². The number of ether oxygens (including phenoxy) is 1. The molecule has 1 N–H and O–H groups in total. The molecule has 3 aromatic rings. The van der Waals surface area contributed by atoms with Crippen LogP contribution in [0.4, 0.5) is 0 Å². The van der Waals surface area contributed by atoms with Crippen molar-refractivity contribution < 1.29 is 14.6 Å². The molecule has 0 amide bonds. The third kappa shape index (κ3) is 3.55. The van der Waals surface area contributed by atoms with Gasteiger partial charge in [0.05, 0.1) is 0 Å². The van der Waals surface area contributed by atoms with Crippen LogP contribution in [0.1, 0.15) is 16.1 Å². The number of carboxylic acid groups (broad SMARTS) is 1. The molecule has 0 spiro atoms. The van der Waals surface area contributed by atoms with E-state index in [0.29, 0.717) is 12.2 Å². The predicted molar refractivity (Wildman–Crippen MR) is 87.4 cm³/mol. The fourth-order valence-electron chi connectivity index (χ4n) is 2.28. The van der Waals surface area contributed by atoms with Gasteiger partial charge in [-0.15, -0.1) is 0 Å². The van der Waals surface area contributed by atoms with Gasteiger partial charge in [-0.3, -0.25) is 0 Å². The topological polar surface area (TPSA) is 59.4 Å². The van der Waals surface area contributed by atoms with E-state index in [1.165, 1.54) is 6.20 Å². The lowest BCUT2D eigenvalue weighted by Gasteiger charge is -2.08. The maximum absolute atomic E-state index is 11.2. The summed E-state index contributed by atoms with van der Waals surface area (Å²) in [5.74, 6) is -0.302. The number of aromatic nitrogens is 1. The summed E-state index contributed by atoms with van der Waals surface area (Å²) in [6.07, 6.45) is 1.48. The first kappa shape index (κ1) is 14.8. The number of aromatic carboxylic acids is 1. The molecule has 0 aliphatic heterocycles. The average Bonchev–Trinajstić information content (AvgIpc) is 2.61. The van der Waals surface area contributed by atoms with Crippen LogP contribution in [0.25, 0.3) is 11.1 Å². The summed E-state index contributed by atoms with van der Waals surface area (Å²) >= 11 is 0. The molecule has 0 unspecified atom stereocenters. The van der Waals surface area contributed by atoms with Crippen molar-refractivity contribution in [3.63, 3.8) is 0 Å². The third-order valence-corrected chi connectivity index (χ3v) is 3.42. The maximum Gasteiger partial charge on any atom is 0.355 e. The lowest BCUT2D eigenvalue weighted by atomic mass is 10.0. The fourth-order valence-corrected chi connectivity index (χ4v) is 2.28. The molecule has 0 saturated carbocycles. The normalized spacial score (nSPS) is 10.3. The molecule has 23 heavy (non-hydrogen) atoms. The van der Waals surface area contributed by atoms with E-state index in [4.69, 9.17) is 4.74 Å². The zero-order valence-electron chi connectivity index (χ0n) is 12.3. The van der Waals surface area contributed by atoms with Gasteiger partial charge < -0.3 is 9.84 Å². The van der Waals surface area contributed by atoms with E-state index in [1.807, 2.05) is 54.6 Å². The van der Waals surface area contributed by atoms with Crippen LogP contribution in [-0.4, -0.2) is 16.1 Å². The molecule has 0 aliphatic carbocycles. The Hall–Kier alpha value is -3.14. The lowest BCUT2D eigenvalue weighted by Crippen LogP contribution is -2.02. The largest absolute Gasteiger partial charge is 0.489 e.